The number of anilines is 1. The second kappa shape index (κ2) is 8.84. The van der Waals surface area contributed by atoms with Crippen LogP contribution in [-0.4, -0.2) is 28.0 Å². The van der Waals surface area contributed by atoms with Crippen molar-refractivity contribution in [1.82, 2.24) is 9.55 Å². The van der Waals surface area contributed by atoms with Gasteiger partial charge in [-0.15, -0.1) is 0 Å². The highest BCUT2D eigenvalue weighted by molar-refractivity contribution is 7.18. The first-order valence-electron chi connectivity index (χ1n) is 9.18. The Kier molecular flexibility index (Phi) is 6.26. The molecular weight excluding hydrogens is 374 g/mol. The van der Waals surface area contributed by atoms with Crippen molar-refractivity contribution in [3.63, 3.8) is 0 Å². The molecule has 0 aliphatic rings. The molecule has 2 heterocycles. The largest absolute Gasteiger partial charge is 0.462 e. The number of thiazole rings is 1. The first kappa shape index (κ1) is 19.8. The number of rotatable bonds is 7. The molecule has 0 saturated heterocycles. The number of esters is 1. The number of hydrogen-bond acceptors (Lipinski definition) is 5. The first-order valence-corrected chi connectivity index (χ1v) is 9.99. The minimum Gasteiger partial charge on any atom is -0.462 e. The van der Waals surface area contributed by atoms with Crippen LogP contribution in [0.5, 0.6) is 0 Å². The Bertz CT molecular complexity index is 933. The predicted molar refractivity (Wildman–Crippen MR) is 110 cm³/mol. The van der Waals surface area contributed by atoms with E-state index in [1.165, 1.54) is 0 Å². The van der Waals surface area contributed by atoms with E-state index in [4.69, 9.17) is 4.74 Å². The average Bonchev–Trinajstić information content (AvgIpc) is 3.33. The molecule has 6 nitrogen and oxygen atoms in total. The highest BCUT2D eigenvalue weighted by atomic mass is 32.1. The minimum atomic E-state index is -0.440. The minimum absolute atomic E-state index is 0.0884. The zero-order valence-corrected chi connectivity index (χ0v) is 16.9. The molecular formula is C21H23N3O3S. The smallest absolute Gasteiger partial charge is 0.350 e. The third-order valence-corrected chi connectivity index (χ3v) is 5.17. The Labute approximate surface area is 168 Å². The maximum absolute atomic E-state index is 12.9. The fourth-order valence-electron chi connectivity index (χ4n) is 3.00. The molecule has 0 fully saturated rings. The van der Waals surface area contributed by atoms with Crippen LogP contribution in [0.25, 0.3) is 11.3 Å². The van der Waals surface area contributed by atoms with Gasteiger partial charge in [0.25, 0.3) is 0 Å². The summed E-state index contributed by atoms with van der Waals surface area (Å²) in [6, 6.07) is 12.8. The lowest BCUT2D eigenvalue weighted by Gasteiger charge is -2.21. The quantitative estimate of drug-likeness (QED) is 0.590. The number of nitrogens with one attached hydrogen (secondary N) is 1. The molecule has 0 aliphatic carbocycles. The summed E-state index contributed by atoms with van der Waals surface area (Å²) in [5.41, 5.74) is 1.31. The Morgan fingerprint density at radius 2 is 1.82 bits per heavy atom. The zero-order valence-electron chi connectivity index (χ0n) is 16.1. The number of ether oxygens (including phenoxy) is 1. The van der Waals surface area contributed by atoms with Gasteiger partial charge in [0.2, 0.25) is 5.91 Å². The summed E-state index contributed by atoms with van der Waals surface area (Å²) < 4.78 is 7.04. The van der Waals surface area contributed by atoms with Crippen molar-refractivity contribution in [2.45, 2.75) is 26.8 Å². The van der Waals surface area contributed by atoms with Crippen molar-refractivity contribution in [3.8, 4) is 11.3 Å². The van der Waals surface area contributed by atoms with Gasteiger partial charge in [-0.05, 0) is 25.0 Å². The number of amides is 1. The van der Waals surface area contributed by atoms with E-state index in [1.807, 2.05) is 73.3 Å². The van der Waals surface area contributed by atoms with Gasteiger partial charge in [-0.1, -0.05) is 55.5 Å². The van der Waals surface area contributed by atoms with Crippen LogP contribution >= 0.6 is 11.3 Å². The van der Waals surface area contributed by atoms with Crippen LogP contribution < -0.4 is 5.32 Å². The Balaban J connectivity index is 1.92. The molecule has 1 N–H and O–H groups in total. The van der Waals surface area contributed by atoms with Gasteiger partial charge in [0.15, 0.2) is 5.13 Å². The van der Waals surface area contributed by atoms with E-state index < -0.39 is 5.97 Å². The average molecular weight is 398 g/mol. The van der Waals surface area contributed by atoms with Crippen molar-refractivity contribution in [3.05, 3.63) is 59.7 Å². The summed E-state index contributed by atoms with van der Waals surface area (Å²) in [5, 5.41) is 3.26. The van der Waals surface area contributed by atoms with Crippen LogP contribution in [0.2, 0.25) is 0 Å². The van der Waals surface area contributed by atoms with E-state index in [-0.39, 0.29) is 24.5 Å². The van der Waals surface area contributed by atoms with Gasteiger partial charge in [0, 0.05) is 18.0 Å². The number of carbonyl (C=O) groups excluding carboxylic acids is 2. The van der Waals surface area contributed by atoms with Crippen molar-refractivity contribution in [2.75, 3.05) is 11.9 Å². The molecule has 28 heavy (non-hydrogen) atoms. The molecule has 1 atom stereocenters. The van der Waals surface area contributed by atoms with Crippen LogP contribution in [0, 0.1) is 5.92 Å². The van der Waals surface area contributed by atoms with Crippen molar-refractivity contribution < 1.29 is 14.3 Å². The second-order valence-corrected chi connectivity index (χ2v) is 7.59. The molecule has 2 aromatic heterocycles. The first-order chi connectivity index (χ1) is 13.5. The Morgan fingerprint density at radius 1 is 1.14 bits per heavy atom. The summed E-state index contributed by atoms with van der Waals surface area (Å²) in [5.74, 6) is -0.523. The molecule has 146 valence electrons. The fourth-order valence-corrected chi connectivity index (χ4v) is 3.88. The topological polar surface area (TPSA) is 73.2 Å². The standard InChI is InChI=1S/C21H23N3O3S/c1-4-27-20(26)18-16(15-10-6-5-7-11-15)22-21(28-18)23-19(25)17(14(2)3)24-12-8-9-13-24/h5-14,17H,4H2,1-3H3,(H,22,23,25)/t17-/m0/s1. The summed E-state index contributed by atoms with van der Waals surface area (Å²) in [6.45, 7) is 6.01. The van der Waals surface area contributed by atoms with Crippen LogP contribution in [0.1, 0.15) is 36.5 Å². The molecule has 3 aromatic rings. The van der Waals surface area contributed by atoms with E-state index in [0.717, 1.165) is 16.9 Å². The monoisotopic (exact) mass is 397 g/mol. The number of benzene rings is 1. The normalized spacial score (nSPS) is 12.0. The molecule has 0 radical (unpaired) electrons. The molecule has 1 aromatic carbocycles. The summed E-state index contributed by atoms with van der Waals surface area (Å²) in [6.07, 6.45) is 3.73. The molecule has 1 amide bonds. The Hall–Kier alpha value is -2.93. The van der Waals surface area contributed by atoms with Crippen molar-refractivity contribution in [2.24, 2.45) is 5.92 Å². The maximum Gasteiger partial charge on any atom is 0.350 e. The molecule has 0 aliphatic heterocycles. The van der Waals surface area contributed by atoms with Gasteiger partial charge >= 0.3 is 5.97 Å². The van der Waals surface area contributed by atoms with E-state index in [2.05, 4.69) is 10.3 Å². The molecule has 0 unspecified atom stereocenters. The maximum atomic E-state index is 12.9. The van der Waals surface area contributed by atoms with Crippen LogP contribution in [0.15, 0.2) is 54.9 Å². The van der Waals surface area contributed by atoms with Crippen molar-refractivity contribution >= 4 is 28.3 Å². The molecule has 0 saturated carbocycles. The summed E-state index contributed by atoms with van der Waals surface area (Å²) in [4.78, 5) is 30.2. The van der Waals surface area contributed by atoms with E-state index in [1.54, 1.807) is 6.92 Å². The van der Waals surface area contributed by atoms with Crippen LogP contribution in [-0.2, 0) is 9.53 Å². The van der Waals surface area contributed by atoms with E-state index in [0.29, 0.717) is 15.7 Å². The van der Waals surface area contributed by atoms with Crippen molar-refractivity contribution in [1.29, 1.82) is 0 Å². The van der Waals surface area contributed by atoms with E-state index >= 15 is 0 Å². The SMILES string of the molecule is CCOC(=O)c1sc(NC(=O)[C@H](C(C)C)n2cccc2)nc1-c1ccccc1. The molecule has 3 rings (SSSR count). The number of aromatic nitrogens is 2. The van der Waals surface area contributed by atoms with Gasteiger partial charge in [-0.2, -0.15) is 0 Å². The molecule has 0 bridgehead atoms. The van der Waals surface area contributed by atoms with Gasteiger partial charge in [-0.25, -0.2) is 9.78 Å². The zero-order chi connectivity index (χ0) is 20.1. The summed E-state index contributed by atoms with van der Waals surface area (Å²) >= 11 is 1.13. The van der Waals surface area contributed by atoms with Gasteiger partial charge in [-0.3, -0.25) is 4.79 Å². The lowest BCUT2D eigenvalue weighted by atomic mass is 10.0. The van der Waals surface area contributed by atoms with Crippen LogP contribution in [0.3, 0.4) is 0 Å². The predicted octanol–water partition coefficient (Wildman–Crippen LogP) is 4.62. The number of carbonyl (C=O) groups is 2. The number of hydrogen-bond donors (Lipinski definition) is 1. The molecule has 7 heteroatoms. The van der Waals surface area contributed by atoms with Crippen LogP contribution in [0.4, 0.5) is 5.13 Å². The highest BCUT2D eigenvalue weighted by Gasteiger charge is 2.26. The number of nitrogens with zero attached hydrogens (tertiary/aromatic N) is 2. The lowest BCUT2D eigenvalue weighted by molar-refractivity contribution is -0.120. The molecule has 0 spiro atoms. The Morgan fingerprint density at radius 3 is 2.43 bits per heavy atom. The highest BCUT2D eigenvalue weighted by Crippen LogP contribution is 2.32. The lowest BCUT2D eigenvalue weighted by Crippen LogP contribution is -2.29. The third kappa shape index (κ3) is 4.31. The van der Waals surface area contributed by atoms with Gasteiger partial charge in [0.05, 0.1) is 12.3 Å². The third-order valence-electron chi connectivity index (χ3n) is 4.21. The van der Waals surface area contributed by atoms with Gasteiger partial charge in [0.1, 0.15) is 10.9 Å². The fraction of sp³-hybridized carbons (Fsp3) is 0.286. The summed E-state index contributed by atoms with van der Waals surface area (Å²) in [7, 11) is 0. The van der Waals surface area contributed by atoms with E-state index in [9.17, 15) is 9.59 Å². The van der Waals surface area contributed by atoms with Gasteiger partial charge < -0.3 is 14.6 Å². The second-order valence-electron chi connectivity index (χ2n) is 6.59.